The number of hydrogen-bond donors (Lipinski definition) is 0. The zero-order valence-electron chi connectivity index (χ0n) is 5.67. The second-order valence-corrected chi connectivity index (χ2v) is 0.224. The van der Waals surface area contributed by atoms with Crippen LogP contribution < -0.4 is 68.9 Å². The van der Waals surface area contributed by atoms with Gasteiger partial charge in [0.2, 0.25) is 0 Å². The molecule has 0 aliphatic rings. The fourth-order valence-electron chi connectivity index (χ4n) is 0. The average Bonchev–Trinajstić information content (AvgIpc) is 0.811. The van der Waals surface area contributed by atoms with E-state index in [1.54, 1.807) is 0 Å². The van der Waals surface area contributed by atoms with Gasteiger partial charge in [0.15, 0.2) is 0 Å². The topological polar surface area (TPSA) is 255 Å². The molecule has 0 atom stereocenters. The maximum absolute atomic E-state index is 8.25. The summed E-state index contributed by atoms with van der Waals surface area (Å²) in [5, 5.41) is 14.8. The third kappa shape index (κ3) is 873. The predicted molar refractivity (Wildman–Crippen MR) is 32.0 cm³/mol. The Morgan fingerprint density at radius 1 is 0.727 bits per heavy atom. The van der Waals surface area contributed by atoms with Gasteiger partial charge in [-0.15, -0.1) is 0 Å². The van der Waals surface area contributed by atoms with Crippen LogP contribution in [0.1, 0.15) is 0 Å². The van der Waals surface area contributed by atoms with Crippen molar-refractivity contribution >= 4 is 0 Å². The van der Waals surface area contributed by atoms with Gasteiger partial charge in [0.25, 0.3) is 0 Å². The minimum absolute atomic E-state index is 0. The zero-order chi connectivity index (χ0) is 3.58. The van der Waals surface area contributed by atoms with Crippen LogP contribution >= 0.6 is 0 Å². The molecule has 0 radical (unpaired) electrons. The molecule has 0 saturated heterocycles. The predicted octanol–water partition coefficient (Wildman–Crippen LogP) is -8.18. The molecular formula is H12CsNO9. The molecular weight excluding hydrogens is 291 g/mol. The van der Waals surface area contributed by atoms with Crippen LogP contribution in [0.5, 0.6) is 0 Å². The van der Waals surface area contributed by atoms with E-state index in [2.05, 4.69) is 0 Å². The van der Waals surface area contributed by atoms with Gasteiger partial charge in [-0.3, -0.25) is 0 Å². The molecule has 10 nitrogen and oxygen atoms in total. The quantitative estimate of drug-likeness (QED) is 0.312. The molecule has 0 saturated carbocycles. The monoisotopic (exact) mass is 303 g/mol. The van der Waals surface area contributed by atoms with Gasteiger partial charge in [-0.05, 0) is 0 Å². The van der Waals surface area contributed by atoms with Crippen LogP contribution in [0, 0.1) is 15.3 Å². The second kappa shape index (κ2) is 68.6. The van der Waals surface area contributed by atoms with Crippen molar-refractivity contribution < 1.29 is 107 Å². The first kappa shape index (κ1) is 90.5. The molecule has 0 rings (SSSR count). The summed E-state index contributed by atoms with van der Waals surface area (Å²) in [5.41, 5.74) is 0. The van der Waals surface area contributed by atoms with Gasteiger partial charge in [0.1, 0.15) is 0 Å². The van der Waals surface area contributed by atoms with Crippen LogP contribution in [0.3, 0.4) is 0 Å². The molecule has 12 N–H and O–H groups in total. The molecule has 72 valence electrons. The van der Waals surface area contributed by atoms with Gasteiger partial charge in [0, 0.05) is 0 Å². The molecule has 0 bridgehead atoms. The Labute approximate surface area is 120 Å². The Hall–Kier alpha value is 1.01. The molecule has 0 unspecified atom stereocenters. The first-order chi connectivity index (χ1) is 1.73. The summed E-state index contributed by atoms with van der Waals surface area (Å²) >= 11 is 0. The summed E-state index contributed by atoms with van der Waals surface area (Å²) < 4.78 is 0. The maximum atomic E-state index is 8.25. The van der Waals surface area contributed by atoms with Crippen LogP contribution in [-0.2, 0) is 0 Å². The number of rotatable bonds is 0. The van der Waals surface area contributed by atoms with Crippen molar-refractivity contribution in [3.8, 4) is 0 Å². The Bertz CT molecular complexity index is 32.5. The Kier molecular flexibility index (Phi) is 564. The standard InChI is InChI=1S/Cs.NO3.6H2O/c;2-1(3)4;;;;;;/h;;6*1H2/q+1;-1;;;;;;. The summed E-state index contributed by atoms with van der Waals surface area (Å²) in [4.78, 5) is 8.25. The van der Waals surface area contributed by atoms with Crippen LogP contribution in [-0.4, -0.2) is 37.9 Å². The van der Waals surface area contributed by atoms with Crippen molar-refractivity contribution in [2.24, 2.45) is 0 Å². The largest absolute Gasteiger partial charge is 1.00 e. The molecule has 0 aromatic rings. The van der Waals surface area contributed by atoms with E-state index >= 15 is 0 Å². The van der Waals surface area contributed by atoms with Crippen LogP contribution in [0.2, 0.25) is 0 Å². The van der Waals surface area contributed by atoms with Crippen LogP contribution in [0.4, 0.5) is 0 Å². The molecule has 0 spiro atoms. The maximum Gasteiger partial charge on any atom is 1.00 e. The number of nitrogens with zero attached hydrogens (tertiary/aromatic N) is 1. The Morgan fingerprint density at radius 2 is 0.727 bits per heavy atom. The molecule has 11 heavy (non-hydrogen) atoms. The Balaban J connectivity index is -0.00000000214. The van der Waals surface area contributed by atoms with Gasteiger partial charge in [-0.2, -0.15) is 0 Å². The molecule has 0 aromatic heterocycles. The number of hydrogen-bond acceptors (Lipinski definition) is 3. The molecule has 0 fully saturated rings. The van der Waals surface area contributed by atoms with Crippen molar-refractivity contribution in [3.05, 3.63) is 15.3 Å². The smallest absolute Gasteiger partial charge is 0.412 e. The summed E-state index contributed by atoms with van der Waals surface area (Å²) in [6, 6.07) is 0. The molecule has 0 aliphatic heterocycles. The van der Waals surface area contributed by atoms with Gasteiger partial charge in [-0.1, -0.05) is 0 Å². The SMILES string of the molecule is O.O.O.O.O.O.O=[N+]([O-])[O-].[Cs+]. The van der Waals surface area contributed by atoms with Crippen molar-refractivity contribution in [2.45, 2.75) is 0 Å². The first-order valence-corrected chi connectivity index (χ1v) is 0.548. The third-order valence-corrected chi connectivity index (χ3v) is 0. The summed E-state index contributed by atoms with van der Waals surface area (Å²) in [7, 11) is 0. The van der Waals surface area contributed by atoms with Gasteiger partial charge >= 0.3 is 68.9 Å². The third-order valence-electron chi connectivity index (χ3n) is 0. The van der Waals surface area contributed by atoms with E-state index in [4.69, 9.17) is 15.3 Å². The minimum Gasteiger partial charge on any atom is -0.412 e. The van der Waals surface area contributed by atoms with Gasteiger partial charge in [0.05, 0.1) is 5.09 Å². The molecule has 0 amide bonds. The zero-order valence-corrected chi connectivity index (χ0v) is 12.0. The summed E-state index contributed by atoms with van der Waals surface area (Å²) in [6.45, 7) is 0. The van der Waals surface area contributed by atoms with Crippen molar-refractivity contribution in [3.63, 3.8) is 0 Å². The van der Waals surface area contributed by atoms with E-state index in [0.29, 0.717) is 0 Å². The second-order valence-electron chi connectivity index (χ2n) is 0.224. The van der Waals surface area contributed by atoms with E-state index in [9.17, 15) is 0 Å². The summed E-state index contributed by atoms with van der Waals surface area (Å²) in [5.74, 6) is 0. The van der Waals surface area contributed by atoms with E-state index < -0.39 is 5.09 Å². The van der Waals surface area contributed by atoms with Gasteiger partial charge < -0.3 is 48.2 Å². The summed E-state index contributed by atoms with van der Waals surface area (Å²) in [6.07, 6.45) is 0. The molecule has 0 aromatic carbocycles. The van der Waals surface area contributed by atoms with Crippen molar-refractivity contribution in [1.82, 2.24) is 0 Å². The molecule has 0 heterocycles. The fraction of sp³-hybridized carbons (Fsp3) is 0. The van der Waals surface area contributed by atoms with E-state index in [-0.39, 0.29) is 102 Å². The van der Waals surface area contributed by atoms with Gasteiger partial charge in [-0.25, -0.2) is 0 Å². The minimum atomic E-state index is -1.75. The van der Waals surface area contributed by atoms with Crippen molar-refractivity contribution in [2.75, 3.05) is 0 Å². The van der Waals surface area contributed by atoms with E-state index in [1.807, 2.05) is 0 Å². The van der Waals surface area contributed by atoms with Crippen LogP contribution in [0.25, 0.3) is 0 Å². The Morgan fingerprint density at radius 3 is 0.727 bits per heavy atom. The average molecular weight is 303 g/mol. The molecule has 0 aliphatic carbocycles. The first-order valence-electron chi connectivity index (χ1n) is 0.548. The molecule has 11 heteroatoms. The van der Waals surface area contributed by atoms with Crippen molar-refractivity contribution in [1.29, 1.82) is 0 Å². The van der Waals surface area contributed by atoms with E-state index in [1.165, 1.54) is 0 Å². The fourth-order valence-corrected chi connectivity index (χ4v) is 0. The normalized spacial score (nSPS) is 2.18. The van der Waals surface area contributed by atoms with E-state index in [0.717, 1.165) is 0 Å². The van der Waals surface area contributed by atoms with Crippen LogP contribution in [0.15, 0.2) is 0 Å².